The van der Waals surface area contributed by atoms with Gasteiger partial charge in [0.05, 0.1) is 6.61 Å². The number of rotatable bonds is 5. The van der Waals surface area contributed by atoms with Crippen molar-refractivity contribution in [3.63, 3.8) is 0 Å². The van der Waals surface area contributed by atoms with Crippen molar-refractivity contribution < 1.29 is 9.53 Å². The summed E-state index contributed by atoms with van der Waals surface area (Å²) in [5, 5.41) is 2.62. The second-order valence-electron chi connectivity index (χ2n) is 2.77. The first-order valence-corrected chi connectivity index (χ1v) is 4.33. The lowest BCUT2D eigenvalue weighted by Crippen LogP contribution is -2.26. The van der Waals surface area contributed by atoms with Crippen molar-refractivity contribution in [1.82, 2.24) is 5.32 Å². The molecule has 0 aliphatic heterocycles. The first-order valence-electron chi connectivity index (χ1n) is 4.33. The molecule has 3 N–H and O–H groups in total. The molecule has 0 aliphatic carbocycles. The molecule has 0 fully saturated rings. The average Bonchev–Trinajstić information content (AvgIpc) is 1.98. The molecule has 12 heavy (non-hydrogen) atoms. The summed E-state index contributed by atoms with van der Waals surface area (Å²) in [5.74, 6) is 0. The molecule has 4 nitrogen and oxygen atoms in total. The van der Waals surface area contributed by atoms with Crippen LogP contribution in [0.25, 0.3) is 0 Å². The Bertz CT molecular complexity index is 126. The van der Waals surface area contributed by atoms with Crippen LogP contribution in [-0.2, 0) is 4.74 Å². The van der Waals surface area contributed by atoms with Gasteiger partial charge in [-0.3, -0.25) is 0 Å². The van der Waals surface area contributed by atoms with Crippen molar-refractivity contribution in [3.8, 4) is 0 Å². The van der Waals surface area contributed by atoms with E-state index in [2.05, 4.69) is 10.1 Å². The molecule has 0 aromatic heterocycles. The molecule has 0 saturated carbocycles. The molecule has 0 aromatic rings. The Labute approximate surface area is 73.5 Å². The number of carbonyl (C=O) groups excluding carboxylic acids is 1. The van der Waals surface area contributed by atoms with Gasteiger partial charge in [-0.15, -0.1) is 0 Å². The summed E-state index contributed by atoms with van der Waals surface area (Å²) in [7, 11) is 0. The minimum atomic E-state index is -0.345. The van der Waals surface area contributed by atoms with Gasteiger partial charge in [-0.1, -0.05) is 0 Å². The summed E-state index contributed by atoms with van der Waals surface area (Å²) >= 11 is 0. The summed E-state index contributed by atoms with van der Waals surface area (Å²) in [6, 6.07) is 0.203. The van der Waals surface area contributed by atoms with Gasteiger partial charge in [0.2, 0.25) is 0 Å². The van der Waals surface area contributed by atoms with Crippen LogP contribution in [0.1, 0.15) is 26.7 Å². The number of nitrogens with two attached hydrogens (primary N) is 1. The molecule has 0 rings (SSSR count). The topological polar surface area (TPSA) is 64.3 Å². The highest BCUT2D eigenvalue weighted by Gasteiger charge is 1.98. The smallest absolute Gasteiger partial charge is 0.407 e. The predicted octanol–water partition coefficient (Wildman–Crippen LogP) is 0.860. The number of hydrogen-bond acceptors (Lipinski definition) is 3. The van der Waals surface area contributed by atoms with Crippen LogP contribution in [0.4, 0.5) is 4.79 Å². The predicted molar refractivity (Wildman–Crippen MR) is 47.9 cm³/mol. The van der Waals surface area contributed by atoms with Gasteiger partial charge in [0.1, 0.15) is 0 Å². The zero-order valence-corrected chi connectivity index (χ0v) is 7.80. The molecule has 0 spiro atoms. The van der Waals surface area contributed by atoms with Crippen molar-refractivity contribution in [1.29, 1.82) is 0 Å². The SMILES string of the molecule is CCOC(=O)NCCCC(C)N. The lowest BCUT2D eigenvalue weighted by atomic mass is 10.2. The maximum absolute atomic E-state index is 10.7. The minimum Gasteiger partial charge on any atom is -0.450 e. The molecule has 1 atom stereocenters. The Hall–Kier alpha value is -0.770. The summed E-state index contributed by atoms with van der Waals surface area (Å²) in [6.45, 7) is 4.78. The van der Waals surface area contributed by atoms with E-state index in [9.17, 15) is 4.79 Å². The molecule has 0 saturated heterocycles. The van der Waals surface area contributed by atoms with Crippen LogP contribution in [0.3, 0.4) is 0 Å². The number of nitrogens with one attached hydrogen (secondary N) is 1. The fourth-order valence-electron chi connectivity index (χ4n) is 0.797. The Balaban J connectivity index is 3.14. The molecule has 0 bridgehead atoms. The van der Waals surface area contributed by atoms with E-state index < -0.39 is 0 Å². The molecular weight excluding hydrogens is 156 g/mol. The Morgan fingerprint density at radius 2 is 2.33 bits per heavy atom. The van der Waals surface area contributed by atoms with Gasteiger partial charge < -0.3 is 15.8 Å². The molecule has 72 valence electrons. The van der Waals surface area contributed by atoms with Crippen molar-refractivity contribution in [2.24, 2.45) is 5.73 Å². The minimum absolute atomic E-state index is 0.203. The first-order chi connectivity index (χ1) is 5.66. The summed E-state index contributed by atoms with van der Waals surface area (Å²) in [5.41, 5.74) is 5.52. The first kappa shape index (κ1) is 11.2. The molecule has 1 amide bonds. The molecular formula is C8H18N2O2. The van der Waals surface area contributed by atoms with Crippen molar-refractivity contribution >= 4 is 6.09 Å². The quantitative estimate of drug-likeness (QED) is 0.607. The van der Waals surface area contributed by atoms with Crippen LogP contribution in [0.2, 0.25) is 0 Å². The monoisotopic (exact) mass is 174 g/mol. The number of ether oxygens (including phenoxy) is 1. The standard InChI is InChI=1S/C8H18N2O2/c1-3-12-8(11)10-6-4-5-7(2)9/h7H,3-6,9H2,1-2H3,(H,10,11). The third-order valence-electron chi connectivity index (χ3n) is 1.38. The van der Waals surface area contributed by atoms with Crippen LogP contribution in [0, 0.1) is 0 Å². The number of hydrogen-bond donors (Lipinski definition) is 2. The molecule has 4 heteroatoms. The van der Waals surface area contributed by atoms with Crippen LogP contribution < -0.4 is 11.1 Å². The largest absolute Gasteiger partial charge is 0.450 e. The number of alkyl carbamates (subject to hydrolysis) is 1. The Morgan fingerprint density at radius 1 is 1.67 bits per heavy atom. The zero-order chi connectivity index (χ0) is 9.40. The molecule has 0 aromatic carbocycles. The van der Waals surface area contributed by atoms with Gasteiger partial charge in [0.15, 0.2) is 0 Å². The van der Waals surface area contributed by atoms with E-state index in [4.69, 9.17) is 5.73 Å². The van der Waals surface area contributed by atoms with Gasteiger partial charge in [0.25, 0.3) is 0 Å². The van der Waals surface area contributed by atoms with Gasteiger partial charge >= 0.3 is 6.09 Å². The highest BCUT2D eigenvalue weighted by molar-refractivity contribution is 5.66. The van der Waals surface area contributed by atoms with E-state index in [-0.39, 0.29) is 12.1 Å². The van der Waals surface area contributed by atoms with E-state index >= 15 is 0 Å². The Morgan fingerprint density at radius 3 is 2.83 bits per heavy atom. The van der Waals surface area contributed by atoms with Gasteiger partial charge in [-0.2, -0.15) is 0 Å². The highest BCUT2D eigenvalue weighted by atomic mass is 16.5. The van der Waals surface area contributed by atoms with Crippen molar-refractivity contribution in [3.05, 3.63) is 0 Å². The normalized spacial score (nSPS) is 12.2. The molecule has 0 heterocycles. The Kier molecular flexibility index (Phi) is 6.47. The maximum Gasteiger partial charge on any atom is 0.407 e. The number of amides is 1. The summed E-state index contributed by atoms with van der Waals surface area (Å²) in [4.78, 5) is 10.7. The van der Waals surface area contributed by atoms with Gasteiger partial charge in [0, 0.05) is 12.6 Å². The third kappa shape index (κ3) is 7.34. The van der Waals surface area contributed by atoms with Gasteiger partial charge in [-0.25, -0.2) is 4.79 Å². The van der Waals surface area contributed by atoms with Gasteiger partial charge in [-0.05, 0) is 26.7 Å². The highest BCUT2D eigenvalue weighted by Crippen LogP contribution is 1.91. The van der Waals surface area contributed by atoms with E-state index in [1.165, 1.54) is 0 Å². The third-order valence-corrected chi connectivity index (χ3v) is 1.38. The second-order valence-corrected chi connectivity index (χ2v) is 2.77. The lowest BCUT2D eigenvalue weighted by molar-refractivity contribution is 0.152. The van der Waals surface area contributed by atoms with E-state index in [1.807, 2.05) is 6.92 Å². The van der Waals surface area contributed by atoms with Crippen molar-refractivity contribution in [2.45, 2.75) is 32.7 Å². The van der Waals surface area contributed by atoms with E-state index in [1.54, 1.807) is 6.92 Å². The molecule has 0 radical (unpaired) electrons. The molecule has 0 aliphatic rings. The lowest BCUT2D eigenvalue weighted by Gasteiger charge is -2.06. The van der Waals surface area contributed by atoms with Crippen LogP contribution in [-0.4, -0.2) is 25.3 Å². The number of carbonyl (C=O) groups is 1. The van der Waals surface area contributed by atoms with Crippen LogP contribution in [0.5, 0.6) is 0 Å². The van der Waals surface area contributed by atoms with Crippen LogP contribution >= 0.6 is 0 Å². The van der Waals surface area contributed by atoms with Crippen LogP contribution in [0.15, 0.2) is 0 Å². The fourth-order valence-corrected chi connectivity index (χ4v) is 0.797. The maximum atomic E-state index is 10.7. The second kappa shape index (κ2) is 6.91. The van der Waals surface area contributed by atoms with E-state index in [0.717, 1.165) is 12.8 Å². The van der Waals surface area contributed by atoms with Crippen molar-refractivity contribution in [2.75, 3.05) is 13.2 Å². The summed E-state index contributed by atoms with van der Waals surface area (Å²) in [6.07, 6.45) is 1.48. The van der Waals surface area contributed by atoms with E-state index in [0.29, 0.717) is 13.2 Å². The molecule has 1 unspecified atom stereocenters. The summed E-state index contributed by atoms with van der Waals surface area (Å²) < 4.78 is 4.67. The zero-order valence-electron chi connectivity index (χ0n) is 7.80. The average molecular weight is 174 g/mol. The fraction of sp³-hybridized carbons (Fsp3) is 0.875.